The number of carbonyl (C=O) groups is 1. The van der Waals surface area contributed by atoms with Gasteiger partial charge in [-0.25, -0.2) is 0 Å². The highest BCUT2D eigenvalue weighted by Gasteiger charge is 2.13. The van der Waals surface area contributed by atoms with Crippen LogP contribution in [-0.4, -0.2) is 35.9 Å². The summed E-state index contributed by atoms with van der Waals surface area (Å²) in [5.41, 5.74) is 3.99. The Morgan fingerprint density at radius 3 is 2.53 bits per heavy atom. The largest absolute Gasteiger partial charge is 0.496 e. The first-order chi connectivity index (χ1) is 8.86. The van der Waals surface area contributed by atoms with Crippen LogP contribution in [-0.2, 0) is 4.79 Å². The van der Waals surface area contributed by atoms with Crippen LogP contribution in [0.5, 0.6) is 5.75 Å². The van der Waals surface area contributed by atoms with Gasteiger partial charge in [0.05, 0.1) is 19.6 Å². The van der Waals surface area contributed by atoms with Crippen molar-refractivity contribution in [3.8, 4) is 5.75 Å². The maximum absolute atomic E-state index is 10.5. The van der Waals surface area contributed by atoms with E-state index < -0.39 is 12.1 Å². The molecule has 0 aliphatic carbocycles. The fourth-order valence-electron chi connectivity index (χ4n) is 2.02. The van der Waals surface area contributed by atoms with Crippen LogP contribution < -0.4 is 10.1 Å². The number of aliphatic hydroxyl groups excluding tert-OH is 1. The Balaban J connectivity index is 2.84. The van der Waals surface area contributed by atoms with Gasteiger partial charge in [0.2, 0.25) is 0 Å². The van der Waals surface area contributed by atoms with Gasteiger partial charge in [-0.3, -0.25) is 4.79 Å². The van der Waals surface area contributed by atoms with Gasteiger partial charge in [-0.05, 0) is 43.5 Å². The Morgan fingerprint density at radius 2 is 2.00 bits per heavy atom. The number of carboxylic acid groups (broad SMARTS) is 1. The van der Waals surface area contributed by atoms with Gasteiger partial charge in [-0.15, -0.1) is 0 Å². The van der Waals surface area contributed by atoms with E-state index in [9.17, 15) is 9.90 Å². The Hall–Kier alpha value is -1.75. The molecule has 0 heterocycles. The van der Waals surface area contributed by atoms with E-state index >= 15 is 0 Å². The Bertz CT molecular complexity index is 471. The first-order valence-electron chi connectivity index (χ1n) is 6.15. The molecule has 1 rings (SSSR count). The van der Waals surface area contributed by atoms with Gasteiger partial charge in [-0.2, -0.15) is 0 Å². The van der Waals surface area contributed by atoms with Gasteiger partial charge in [0.25, 0.3) is 0 Å². The van der Waals surface area contributed by atoms with Gasteiger partial charge in [0.15, 0.2) is 0 Å². The highest BCUT2D eigenvalue weighted by Crippen LogP contribution is 2.31. The van der Waals surface area contributed by atoms with Crippen molar-refractivity contribution in [3.05, 3.63) is 22.8 Å². The summed E-state index contributed by atoms with van der Waals surface area (Å²) in [5, 5.41) is 21.3. The Kier molecular flexibility index (Phi) is 5.18. The number of hydrogen-bond donors (Lipinski definition) is 3. The molecule has 0 aromatic heterocycles. The lowest BCUT2D eigenvalue weighted by Crippen LogP contribution is -2.23. The van der Waals surface area contributed by atoms with Crippen LogP contribution in [0.25, 0.3) is 0 Å². The number of nitrogens with one attached hydrogen (secondary N) is 1. The number of benzene rings is 1. The van der Waals surface area contributed by atoms with Crippen molar-refractivity contribution in [2.24, 2.45) is 0 Å². The molecule has 5 heteroatoms. The molecule has 0 fully saturated rings. The number of hydrogen-bond acceptors (Lipinski definition) is 4. The zero-order chi connectivity index (χ0) is 14.6. The minimum atomic E-state index is -1.01. The summed E-state index contributed by atoms with van der Waals surface area (Å²) in [5.74, 6) is -0.180. The number of aliphatic carboxylic acids is 1. The molecule has 0 saturated heterocycles. The number of anilines is 1. The Morgan fingerprint density at radius 1 is 1.37 bits per heavy atom. The van der Waals surface area contributed by atoms with E-state index in [0.717, 1.165) is 28.1 Å². The van der Waals surface area contributed by atoms with Gasteiger partial charge < -0.3 is 20.3 Å². The maximum atomic E-state index is 10.5. The normalized spacial score (nSPS) is 12.1. The molecular formula is C14H21NO4. The van der Waals surface area contributed by atoms with Crippen LogP contribution in [0.4, 0.5) is 5.69 Å². The van der Waals surface area contributed by atoms with Crippen LogP contribution >= 0.6 is 0 Å². The van der Waals surface area contributed by atoms with E-state index in [1.165, 1.54) is 0 Å². The highest BCUT2D eigenvalue weighted by atomic mass is 16.5. The molecule has 0 saturated carbocycles. The summed E-state index contributed by atoms with van der Waals surface area (Å²) in [6.45, 7) is 6.09. The zero-order valence-electron chi connectivity index (χ0n) is 11.8. The van der Waals surface area contributed by atoms with E-state index in [-0.39, 0.29) is 13.0 Å². The van der Waals surface area contributed by atoms with Gasteiger partial charge in [0.1, 0.15) is 5.75 Å². The number of rotatable bonds is 6. The molecule has 0 amide bonds. The van der Waals surface area contributed by atoms with Crippen LogP contribution in [0.1, 0.15) is 23.1 Å². The molecule has 19 heavy (non-hydrogen) atoms. The third kappa shape index (κ3) is 3.86. The van der Waals surface area contributed by atoms with E-state index in [1.54, 1.807) is 7.11 Å². The summed E-state index contributed by atoms with van der Waals surface area (Å²) in [6, 6.07) is 1.92. The number of aryl methyl sites for hydroxylation is 1. The molecule has 1 unspecified atom stereocenters. The second kappa shape index (κ2) is 6.43. The topological polar surface area (TPSA) is 78.8 Å². The summed E-state index contributed by atoms with van der Waals surface area (Å²) in [4.78, 5) is 10.5. The fourth-order valence-corrected chi connectivity index (χ4v) is 2.02. The van der Waals surface area contributed by atoms with Crippen molar-refractivity contribution in [2.75, 3.05) is 19.0 Å². The van der Waals surface area contributed by atoms with Crippen molar-refractivity contribution < 1.29 is 19.7 Å². The summed E-state index contributed by atoms with van der Waals surface area (Å²) < 4.78 is 5.28. The van der Waals surface area contributed by atoms with Crippen molar-refractivity contribution in [2.45, 2.75) is 33.3 Å². The summed E-state index contributed by atoms with van der Waals surface area (Å²) in [7, 11) is 1.63. The fraction of sp³-hybridized carbons (Fsp3) is 0.500. The van der Waals surface area contributed by atoms with E-state index in [2.05, 4.69) is 5.32 Å². The number of methoxy groups -OCH3 is 1. The van der Waals surface area contributed by atoms with Gasteiger partial charge >= 0.3 is 5.97 Å². The molecule has 0 aliphatic heterocycles. The van der Waals surface area contributed by atoms with Crippen molar-refractivity contribution in [3.63, 3.8) is 0 Å². The SMILES string of the molecule is COc1cc(C)c(NCC(O)CC(=O)O)c(C)c1C. The predicted octanol–water partition coefficient (Wildman–Crippen LogP) is 1.87. The second-order valence-corrected chi connectivity index (χ2v) is 4.65. The van der Waals surface area contributed by atoms with Crippen molar-refractivity contribution in [1.29, 1.82) is 0 Å². The average Bonchev–Trinajstić information content (AvgIpc) is 2.32. The molecule has 1 atom stereocenters. The molecule has 0 spiro atoms. The van der Waals surface area contributed by atoms with Crippen LogP contribution in [0.15, 0.2) is 6.07 Å². The van der Waals surface area contributed by atoms with Crippen molar-refractivity contribution >= 4 is 11.7 Å². The maximum Gasteiger partial charge on any atom is 0.306 e. The van der Waals surface area contributed by atoms with Gasteiger partial charge in [0, 0.05) is 12.2 Å². The molecule has 0 bridgehead atoms. The monoisotopic (exact) mass is 267 g/mol. The van der Waals surface area contributed by atoms with Gasteiger partial charge in [-0.1, -0.05) is 0 Å². The molecule has 0 aliphatic rings. The number of carboxylic acids is 1. The van der Waals surface area contributed by atoms with E-state index in [1.807, 2.05) is 26.8 Å². The third-order valence-electron chi connectivity index (χ3n) is 3.19. The first kappa shape index (κ1) is 15.3. The molecule has 3 N–H and O–H groups in total. The molecule has 0 radical (unpaired) electrons. The zero-order valence-corrected chi connectivity index (χ0v) is 11.8. The highest BCUT2D eigenvalue weighted by molar-refractivity contribution is 5.67. The van der Waals surface area contributed by atoms with E-state index in [0.29, 0.717) is 0 Å². The summed E-state index contributed by atoms with van der Waals surface area (Å²) in [6.07, 6.45) is -1.17. The van der Waals surface area contributed by atoms with Crippen LogP contribution in [0.2, 0.25) is 0 Å². The molecule has 5 nitrogen and oxygen atoms in total. The first-order valence-corrected chi connectivity index (χ1v) is 6.15. The number of aliphatic hydroxyl groups is 1. The molecule has 106 valence electrons. The quantitative estimate of drug-likeness (QED) is 0.733. The second-order valence-electron chi connectivity index (χ2n) is 4.65. The molecule has 1 aromatic carbocycles. The summed E-state index contributed by atoms with van der Waals surface area (Å²) >= 11 is 0. The van der Waals surface area contributed by atoms with Crippen LogP contribution in [0.3, 0.4) is 0 Å². The Labute approximate surface area is 113 Å². The smallest absolute Gasteiger partial charge is 0.306 e. The lowest BCUT2D eigenvalue weighted by atomic mass is 10.0. The average molecular weight is 267 g/mol. The third-order valence-corrected chi connectivity index (χ3v) is 3.19. The predicted molar refractivity (Wildman–Crippen MR) is 74.0 cm³/mol. The van der Waals surface area contributed by atoms with Crippen LogP contribution in [0, 0.1) is 20.8 Å². The minimum absolute atomic E-state index is 0.208. The lowest BCUT2D eigenvalue weighted by molar-refractivity contribution is -0.138. The minimum Gasteiger partial charge on any atom is -0.496 e. The lowest BCUT2D eigenvalue weighted by Gasteiger charge is -2.18. The number of ether oxygens (including phenoxy) is 1. The van der Waals surface area contributed by atoms with Crippen molar-refractivity contribution in [1.82, 2.24) is 0 Å². The van der Waals surface area contributed by atoms with E-state index in [4.69, 9.17) is 9.84 Å². The molecular weight excluding hydrogens is 246 g/mol. The molecule has 1 aromatic rings. The standard InChI is InChI=1S/C14H21NO4/c1-8-5-12(19-4)9(2)10(3)14(8)15-7-11(16)6-13(17)18/h5,11,15-16H,6-7H2,1-4H3,(H,17,18).